The number of hydrazone groups is 1. The lowest BCUT2D eigenvalue weighted by Gasteiger charge is -2.04. The van der Waals surface area contributed by atoms with Gasteiger partial charge in [-0.25, -0.2) is 10.2 Å². The van der Waals surface area contributed by atoms with Crippen LogP contribution in [0.3, 0.4) is 0 Å². The summed E-state index contributed by atoms with van der Waals surface area (Å²) in [6.07, 6.45) is 1.26. The van der Waals surface area contributed by atoms with Gasteiger partial charge in [0.1, 0.15) is 22.6 Å². The zero-order valence-corrected chi connectivity index (χ0v) is 17.0. The topological polar surface area (TPSA) is 101 Å². The van der Waals surface area contributed by atoms with Crippen molar-refractivity contribution in [1.82, 2.24) is 5.43 Å². The molecule has 1 amide bonds. The number of amides is 1. The van der Waals surface area contributed by atoms with Crippen LogP contribution in [0.4, 0.5) is 0 Å². The minimum absolute atomic E-state index is 0.0338. The Morgan fingerprint density at radius 1 is 1.26 bits per heavy atom. The third kappa shape index (κ3) is 4.20. The van der Waals surface area contributed by atoms with Crippen molar-refractivity contribution in [2.75, 3.05) is 7.11 Å². The Morgan fingerprint density at radius 2 is 2.04 bits per heavy atom. The molecule has 7 nitrogen and oxygen atoms in total. The van der Waals surface area contributed by atoms with E-state index < -0.39 is 11.5 Å². The zero-order chi connectivity index (χ0) is 19.6. The van der Waals surface area contributed by atoms with Crippen molar-refractivity contribution in [1.29, 1.82) is 0 Å². The molecule has 0 radical (unpaired) electrons. The van der Waals surface area contributed by atoms with Crippen LogP contribution in [0.2, 0.25) is 0 Å². The second kappa shape index (κ2) is 7.93. The summed E-state index contributed by atoms with van der Waals surface area (Å²) in [6, 6.07) is 9.57. The number of fused-ring (bicyclic) bond motifs is 1. The summed E-state index contributed by atoms with van der Waals surface area (Å²) in [5.74, 6) is -0.205. The van der Waals surface area contributed by atoms with Gasteiger partial charge in [-0.1, -0.05) is 15.9 Å². The van der Waals surface area contributed by atoms with E-state index in [-0.39, 0.29) is 11.3 Å². The first-order valence-corrected chi connectivity index (χ1v) is 9.11. The number of phenolic OH excluding ortho intramolecular Hbond substituents is 1. The number of ether oxygens (including phenoxy) is 1. The predicted molar refractivity (Wildman–Crippen MR) is 108 cm³/mol. The summed E-state index contributed by atoms with van der Waals surface area (Å²) in [7, 11) is 1.51. The summed E-state index contributed by atoms with van der Waals surface area (Å²) in [5.41, 5.74) is 1.97. The van der Waals surface area contributed by atoms with Gasteiger partial charge in [0.05, 0.1) is 17.8 Å². The highest BCUT2D eigenvalue weighted by Gasteiger charge is 2.14. The number of methoxy groups -OCH3 is 1. The van der Waals surface area contributed by atoms with Crippen molar-refractivity contribution >= 4 is 55.0 Å². The number of carbonyl (C=O) groups is 1. The summed E-state index contributed by atoms with van der Waals surface area (Å²) in [6.45, 7) is 0. The van der Waals surface area contributed by atoms with Crippen LogP contribution in [0.5, 0.6) is 11.5 Å². The lowest BCUT2D eigenvalue weighted by atomic mass is 10.1. The molecule has 0 spiro atoms. The first kappa shape index (κ1) is 19.1. The molecule has 0 aliphatic rings. The molecular weight excluding hydrogens is 484 g/mol. The van der Waals surface area contributed by atoms with Gasteiger partial charge in [-0.05, 0) is 52.3 Å². The number of halogens is 2. The van der Waals surface area contributed by atoms with Crippen molar-refractivity contribution in [3.8, 4) is 11.5 Å². The molecule has 0 aliphatic carbocycles. The molecule has 1 heterocycles. The number of carbonyl (C=O) groups excluding carboxylic acids is 1. The monoisotopic (exact) mass is 494 g/mol. The average Bonchev–Trinajstić information content (AvgIpc) is 2.64. The minimum atomic E-state index is -0.784. The summed E-state index contributed by atoms with van der Waals surface area (Å²) >= 11 is 6.50. The highest BCUT2D eigenvalue weighted by Crippen LogP contribution is 2.30. The largest absolute Gasteiger partial charge is 0.506 e. The smallest absolute Gasteiger partial charge is 0.349 e. The molecule has 0 saturated heterocycles. The predicted octanol–water partition coefficient (Wildman–Crippen LogP) is 3.80. The third-order valence-corrected chi connectivity index (χ3v) is 4.67. The molecule has 0 atom stereocenters. The minimum Gasteiger partial charge on any atom is -0.506 e. The maximum absolute atomic E-state index is 12.3. The Morgan fingerprint density at radius 3 is 2.78 bits per heavy atom. The fraction of sp³-hybridized carbons (Fsp3) is 0.0556. The van der Waals surface area contributed by atoms with Crippen LogP contribution in [-0.4, -0.2) is 24.3 Å². The lowest BCUT2D eigenvalue weighted by Crippen LogP contribution is -2.24. The van der Waals surface area contributed by atoms with Gasteiger partial charge in [-0.15, -0.1) is 0 Å². The van der Waals surface area contributed by atoms with Crippen LogP contribution in [0.1, 0.15) is 15.9 Å². The number of hydrogen-bond donors (Lipinski definition) is 2. The normalized spacial score (nSPS) is 11.1. The SMILES string of the molecule is COc1ccc2oc(=O)c(C(=O)NN=Cc3cc(Br)cc(Br)c3O)cc2c1. The second-order valence-corrected chi connectivity index (χ2v) is 7.15. The van der Waals surface area contributed by atoms with E-state index in [4.69, 9.17) is 9.15 Å². The van der Waals surface area contributed by atoms with Gasteiger partial charge >= 0.3 is 5.63 Å². The molecule has 3 rings (SSSR count). The highest BCUT2D eigenvalue weighted by molar-refractivity contribution is 9.11. The van der Waals surface area contributed by atoms with Crippen LogP contribution >= 0.6 is 31.9 Å². The molecule has 138 valence electrons. The molecule has 1 aromatic heterocycles. The van der Waals surface area contributed by atoms with Crippen LogP contribution in [0, 0.1) is 0 Å². The van der Waals surface area contributed by atoms with E-state index in [0.29, 0.717) is 31.2 Å². The van der Waals surface area contributed by atoms with Gasteiger partial charge in [-0.3, -0.25) is 4.79 Å². The third-order valence-electron chi connectivity index (χ3n) is 3.61. The Bertz CT molecular complexity index is 1120. The van der Waals surface area contributed by atoms with Gasteiger partial charge in [0.25, 0.3) is 5.91 Å². The Hall–Kier alpha value is -2.65. The summed E-state index contributed by atoms with van der Waals surface area (Å²) in [5, 5.41) is 14.3. The molecule has 9 heteroatoms. The van der Waals surface area contributed by atoms with Crippen LogP contribution in [-0.2, 0) is 0 Å². The molecule has 2 aromatic carbocycles. The van der Waals surface area contributed by atoms with Gasteiger partial charge in [0.2, 0.25) is 0 Å². The summed E-state index contributed by atoms with van der Waals surface area (Å²) < 4.78 is 11.5. The summed E-state index contributed by atoms with van der Waals surface area (Å²) in [4.78, 5) is 24.3. The first-order chi connectivity index (χ1) is 12.9. The van der Waals surface area contributed by atoms with E-state index in [9.17, 15) is 14.7 Å². The molecular formula is C18H12Br2N2O5. The molecule has 0 bridgehead atoms. The molecule has 0 unspecified atom stereocenters. The van der Waals surface area contributed by atoms with E-state index >= 15 is 0 Å². The van der Waals surface area contributed by atoms with Crippen molar-refractivity contribution in [3.63, 3.8) is 0 Å². The molecule has 0 saturated carbocycles. The van der Waals surface area contributed by atoms with Gasteiger partial charge < -0.3 is 14.3 Å². The number of rotatable bonds is 4. The van der Waals surface area contributed by atoms with E-state index in [1.165, 1.54) is 19.4 Å². The van der Waals surface area contributed by atoms with Gasteiger partial charge in [-0.2, -0.15) is 5.10 Å². The number of aromatic hydroxyl groups is 1. The molecule has 0 aliphatic heterocycles. The zero-order valence-electron chi connectivity index (χ0n) is 13.8. The van der Waals surface area contributed by atoms with Gasteiger partial charge in [0.15, 0.2) is 0 Å². The van der Waals surface area contributed by atoms with E-state index in [1.807, 2.05) is 0 Å². The Labute approximate surface area is 169 Å². The number of phenols is 1. The average molecular weight is 496 g/mol. The van der Waals surface area contributed by atoms with E-state index in [2.05, 4.69) is 42.4 Å². The van der Waals surface area contributed by atoms with Crippen LogP contribution in [0.25, 0.3) is 11.0 Å². The number of hydrogen-bond acceptors (Lipinski definition) is 6. The standard InChI is InChI=1S/C18H12Br2N2O5/c1-26-12-2-3-15-9(5-12)6-13(18(25)27-15)17(24)22-21-8-10-4-11(19)7-14(20)16(10)23/h2-8,23H,1H3,(H,22,24). The van der Waals surface area contributed by atoms with Crippen molar-refractivity contribution < 1.29 is 19.1 Å². The van der Waals surface area contributed by atoms with Crippen molar-refractivity contribution in [2.24, 2.45) is 5.10 Å². The molecule has 27 heavy (non-hydrogen) atoms. The number of benzene rings is 2. The maximum Gasteiger partial charge on any atom is 0.349 e. The fourth-order valence-electron chi connectivity index (χ4n) is 2.29. The van der Waals surface area contributed by atoms with Crippen LogP contribution in [0.15, 0.2) is 59.7 Å². The Balaban J connectivity index is 1.86. The quantitative estimate of drug-likeness (QED) is 0.325. The number of nitrogens with zero attached hydrogens (tertiary/aromatic N) is 1. The van der Waals surface area contributed by atoms with Crippen molar-refractivity contribution in [2.45, 2.75) is 0 Å². The fourth-order valence-corrected chi connectivity index (χ4v) is 3.55. The molecule has 0 fully saturated rings. The Kier molecular flexibility index (Phi) is 5.62. The van der Waals surface area contributed by atoms with E-state index in [0.717, 1.165) is 0 Å². The second-order valence-electron chi connectivity index (χ2n) is 5.38. The first-order valence-electron chi connectivity index (χ1n) is 7.52. The maximum atomic E-state index is 12.3. The molecule has 2 N–H and O–H groups in total. The molecule has 3 aromatic rings. The van der Waals surface area contributed by atoms with Crippen LogP contribution < -0.4 is 15.8 Å². The number of nitrogens with one attached hydrogen (secondary N) is 1. The van der Waals surface area contributed by atoms with E-state index in [1.54, 1.807) is 30.3 Å². The van der Waals surface area contributed by atoms with Crippen molar-refractivity contribution in [3.05, 3.63) is 66.9 Å². The van der Waals surface area contributed by atoms with Gasteiger partial charge in [0, 0.05) is 15.4 Å². The lowest BCUT2D eigenvalue weighted by molar-refractivity contribution is 0.0951. The highest BCUT2D eigenvalue weighted by atomic mass is 79.9.